The van der Waals surface area contributed by atoms with E-state index in [-0.39, 0.29) is 0 Å². The molecule has 1 aromatic heterocycles. The van der Waals surface area contributed by atoms with Crippen molar-refractivity contribution in [3.63, 3.8) is 0 Å². The molecule has 0 radical (unpaired) electrons. The Bertz CT molecular complexity index is 454. The van der Waals surface area contributed by atoms with E-state index < -0.39 is 0 Å². The Balaban J connectivity index is 2.32. The second-order valence-electron chi connectivity index (χ2n) is 6.16. The molecule has 0 aromatic carbocycles. The minimum Gasteiger partial charge on any atom is -0.369 e. The van der Waals surface area contributed by atoms with Crippen molar-refractivity contribution in [2.75, 3.05) is 29.9 Å². The Morgan fingerprint density at radius 3 is 2.38 bits per heavy atom. The molecule has 0 atom stereocenters. The standard InChI is InChI=1S/C16H27BrN4/c1-4-18-15-14(17)13(11-12(2)3)19-16(20-15)21-9-7-5-6-8-10-21/h12H,4-11H2,1-3H3,(H,18,19,20). The number of anilines is 2. The summed E-state index contributed by atoms with van der Waals surface area (Å²) >= 11 is 3.68. The molecule has 5 heteroatoms. The maximum Gasteiger partial charge on any atom is 0.227 e. The molecular weight excluding hydrogens is 328 g/mol. The second-order valence-corrected chi connectivity index (χ2v) is 6.96. The fourth-order valence-electron chi connectivity index (χ4n) is 2.70. The van der Waals surface area contributed by atoms with Crippen LogP contribution >= 0.6 is 15.9 Å². The molecule has 0 aliphatic carbocycles. The van der Waals surface area contributed by atoms with E-state index in [4.69, 9.17) is 9.97 Å². The third kappa shape index (κ3) is 4.56. The lowest BCUT2D eigenvalue weighted by Gasteiger charge is -2.22. The fraction of sp³-hybridized carbons (Fsp3) is 0.750. The van der Waals surface area contributed by atoms with Gasteiger partial charge in [-0.25, -0.2) is 4.98 Å². The van der Waals surface area contributed by atoms with Crippen molar-refractivity contribution in [1.82, 2.24) is 9.97 Å². The first kappa shape index (κ1) is 16.5. The van der Waals surface area contributed by atoms with E-state index in [2.05, 4.69) is 46.9 Å². The molecule has 0 amide bonds. The number of halogens is 1. The summed E-state index contributed by atoms with van der Waals surface area (Å²) in [7, 11) is 0. The summed E-state index contributed by atoms with van der Waals surface area (Å²) in [4.78, 5) is 12.0. The lowest BCUT2D eigenvalue weighted by Crippen LogP contribution is -2.27. The van der Waals surface area contributed by atoms with E-state index in [1.807, 2.05) is 0 Å². The van der Waals surface area contributed by atoms with Gasteiger partial charge in [-0.3, -0.25) is 0 Å². The molecule has 2 heterocycles. The molecule has 118 valence electrons. The van der Waals surface area contributed by atoms with Gasteiger partial charge in [-0.05, 0) is 48.0 Å². The predicted molar refractivity (Wildman–Crippen MR) is 93.1 cm³/mol. The molecule has 1 fully saturated rings. The summed E-state index contributed by atoms with van der Waals surface area (Å²) in [5, 5.41) is 3.36. The van der Waals surface area contributed by atoms with Gasteiger partial charge in [0.15, 0.2) is 0 Å². The lowest BCUT2D eigenvalue weighted by atomic mass is 10.1. The first-order chi connectivity index (χ1) is 10.1. The summed E-state index contributed by atoms with van der Waals surface area (Å²) in [6, 6.07) is 0. The zero-order valence-corrected chi connectivity index (χ0v) is 15.0. The smallest absolute Gasteiger partial charge is 0.227 e. The van der Waals surface area contributed by atoms with Crippen molar-refractivity contribution in [1.29, 1.82) is 0 Å². The van der Waals surface area contributed by atoms with Gasteiger partial charge in [-0.15, -0.1) is 0 Å². The van der Waals surface area contributed by atoms with E-state index in [1.54, 1.807) is 0 Å². The van der Waals surface area contributed by atoms with Gasteiger partial charge < -0.3 is 10.2 Å². The minimum atomic E-state index is 0.586. The van der Waals surface area contributed by atoms with Gasteiger partial charge in [0.2, 0.25) is 5.95 Å². The highest BCUT2D eigenvalue weighted by molar-refractivity contribution is 9.10. The van der Waals surface area contributed by atoms with Crippen LogP contribution in [0.25, 0.3) is 0 Å². The molecular formula is C16H27BrN4. The molecule has 4 nitrogen and oxygen atoms in total. The minimum absolute atomic E-state index is 0.586. The summed E-state index contributed by atoms with van der Waals surface area (Å²) in [5.74, 6) is 2.41. The van der Waals surface area contributed by atoms with Crippen LogP contribution in [0.1, 0.15) is 52.1 Å². The second kappa shape index (κ2) is 7.97. The Hall–Kier alpha value is -0.840. The zero-order chi connectivity index (χ0) is 15.2. The molecule has 21 heavy (non-hydrogen) atoms. The predicted octanol–water partition coefficient (Wildman–Crippen LogP) is 4.25. The number of nitrogens with zero attached hydrogens (tertiary/aromatic N) is 3. The van der Waals surface area contributed by atoms with Crippen molar-refractivity contribution in [3.8, 4) is 0 Å². The summed E-state index contributed by atoms with van der Waals surface area (Å²) < 4.78 is 1.02. The van der Waals surface area contributed by atoms with Crippen LogP contribution in [-0.4, -0.2) is 29.6 Å². The van der Waals surface area contributed by atoms with Crippen LogP contribution < -0.4 is 10.2 Å². The fourth-order valence-corrected chi connectivity index (χ4v) is 3.18. The third-order valence-electron chi connectivity index (χ3n) is 3.74. The van der Waals surface area contributed by atoms with Crippen LogP contribution in [0, 0.1) is 5.92 Å². The van der Waals surface area contributed by atoms with Gasteiger partial charge in [0.1, 0.15) is 5.82 Å². The summed E-state index contributed by atoms with van der Waals surface area (Å²) in [6.45, 7) is 9.58. The zero-order valence-electron chi connectivity index (χ0n) is 13.5. The van der Waals surface area contributed by atoms with E-state index in [1.165, 1.54) is 25.7 Å². The van der Waals surface area contributed by atoms with Crippen LogP contribution in [0.5, 0.6) is 0 Å². The monoisotopic (exact) mass is 354 g/mol. The first-order valence-electron chi connectivity index (χ1n) is 8.17. The van der Waals surface area contributed by atoms with Crippen LogP contribution in [0.15, 0.2) is 4.47 Å². The van der Waals surface area contributed by atoms with E-state index in [0.29, 0.717) is 5.92 Å². The van der Waals surface area contributed by atoms with Gasteiger partial charge in [0.25, 0.3) is 0 Å². The number of hydrogen-bond acceptors (Lipinski definition) is 4. The van der Waals surface area contributed by atoms with Crippen molar-refractivity contribution < 1.29 is 0 Å². The highest BCUT2D eigenvalue weighted by atomic mass is 79.9. The van der Waals surface area contributed by atoms with Crippen molar-refractivity contribution >= 4 is 27.7 Å². The summed E-state index contributed by atoms with van der Waals surface area (Å²) in [5.41, 5.74) is 1.12. The van der Waals surface area contributed by atoms with Gasteiger partial charge in [-0.1, -0.05) is 26.7 Å². The maximum atomic E-state index is 4.85. The maximum absolute atomic E-state index is 4.85. The average molecular weight is 355 g/mol. The molecule has 1 saturated heterocycles. The quantitative estimate of drug-likeness (QED) is 0.857. The number of rotatable bonds is 5. The van der Waals surface area contributed by atoms with E-state index in [9.17, 15) is 0 Å². The van der Waals surface area contributed by atoms with Gasteiger partial charge in [0.05, 0.1) is 10.2 Å². The highest BCUT2D eigenvalue weighted by Crippen LogP contribution is 2.28. The Kier molecular flexibility index (Phi) is 6.27. The molecule has 0 spiro atoms. The van der Waals surface area contributed by atoms with E-state index >= 15 is 0 Å². The molecule has 0 bridgehead atoms. The first-order valence-corrected chi connectivity index (χ1v) is 8.96. The Morgan fingerprint density at radius 1 is 1.14 bits per heavy atom. The topological polar surface area (TPSA) is 41.1 Å². The van der Waals surface area contributed by atoms with E-state index in [0.717, 1.165) is 48.0 Å². The molecule has 1 aliphatic heterocycles. The van der Waals surface area contributed by atoms with Crippen molar-refractivity contribution in [3.05, 3.63) is 10.2 Å². The van der Waals surface area contributed by atoms with Gasteiger partial charge >= 0.3 is 0 Å². The largest absolute Gasteiger partial charge is 0.369 e. The van der Waals surface area contributed by atoms with Crippen LogP contribution in [-0.2, 0) is 6.42 Å². The number of aromatic nitrogens is 2. The molecule has 0 unspecified atom stereocenters. The molecule has 0 saturated carbocycles. The highest BCUT2D eigenvalue weighted by Gasteiger charge is 2.18. The Morgan fingerprint density at radius 2 is 1.81 bits per heavy atom. The number of hydrogen-bond donors (Lipinski definition) is 1. The lowest BCUT2D eigenvalue weighted by molar-refractivity contribution is 0.629. The Labute approximate surface area is 136 Å². The molecule has 2 rings (SSSR count). The van der Waals surface area contributed by atoms with Gasteiger partial charge in [0, 0.05) is 19.6 Å². The van der Waals surface area contributed by atoms with Crippen molar-refractivity contribution in [2.24, 2.45) is 5.92 Å². The van der Waals surface area contributed by atoms with Crippen LogP contribution in [0.3, 0.4) is 0 Å². The molecule has 1 aliphatic rings. The SMILES string of the molecule is CCNc1nc(N2CCCCCC2)nc(CC(C)C)c1Br. The third-order valence-corrected chi connectivity index (χ3v) is 4.58. The summed E-state index contributed by atoms with van der Waals surface area (Å²) in [6.07, 6.45) is 6.12. The molecule has 1 N–H and O–H groups in total. The normalized spacial score (nSPS) is 16.1. The van der Waals surface area contributed by atoms with Crippen molar-refractivity contribution in [2.45, 2.75) is 52.9 Å². The average Bonchev–Trinajstić information content (AvgIpc) is 2.72. The van der Waals surface area contributed by atoms with Crippen LogP contribution in [0.4, 0.5) is 11.8 Å². The van der Waals surface area contributed by atoms with Crippen LogP contribution in [0.2, 0.25) is 0 Å². The van der Waals surface area contributed by atoms with Gasteiger partial charge in [-0.2, -0.15) is 4.98 Å². The molecule has 1 aromatic rings. The number of nitrogens with one attached hydrogen (secondary N) is 1.